The topological polar surface area (TPSA) is 89.8 Å². The van der Waals surface area contributed by atoms with E-state index < -0.39 is 0 Å². The molecule has 1 N–H and O–H groups in total. The molecule has 1 fully saturated rings. The summed E-state index contributed by atoms with van der Waals surface area (Å²) in [5.74, 6) is 1.57. The standard InChI is InChI=1S/C25H29N5O2S/c1-3-23(32)27-20-12-10-18(11-13-20)22(31)16-33-25-29-28-24(19-8-6-14-26-15-19)30(25)21-9-5-4-7-17(21)2/h6,8,10-15,17,21H,3-5,7,9,16H2,1-2H3,(H,27,32)/t17-,21+/m1/s1. The van der Waals surface area contributed by atoms with E-state index in [1.54, 1.807) is 37.4 Å². The average Bonchev–Trinajstić information content (AvgIpc) is 3.27. The van der Waals surface area contributed by atoms with Gasteiger partial charge in [0.15, 0.2) is 16.8 Å². The van der Waals surface area contributed by atoms with E-state index in [-0.39, 0.29) is 17.4 Å². The van der Waals surface area contributed by atoms with E-state index >= 15 is 0 Å². The van der Waals surface area contributed by atoms with Crippen LogP contribution in [0.3, 0.4) is 0 Å². The van der Waals surface area contributed by atoms with E-state index in [1.807, 2.05) is 18.3 Å². The van der Waals surface area contributed by atoms with Gasteiger partial charge in [-0.1, -0.05) is 38.5 Å². The molecular weight excluding hydrogens is 434 g/mol. The van der Waals surface area contributed by atoms with Gasteiger partial charge in [-0.15, -0.1) is 10.2 Å². The zero-order valence-corrected chi connectivity index (χ0v) is 19.8. The monoisotopic (exact) mass is 463 g/mol. The Morgan fingerprint density at radius 1 is 1.12 bits per heavy atom. The van der Waals surface area contributed by atoms with Crippen molar-refractivity contribution in [3.05, 3.63) is 54.4 Å². The number of ketones is 1. The summed E-state index contributed by atoms with van der Waals surface area (Å²) in [4.78, 5) is 28.7. The van der Waals surface area contributed by atoms with Crippen LogP contribution in [0.1, 0.15) is 62.4 Å². The lowest BCUT2D eigenvalue weighted by molar-refractivity contribution is -0.115. The van der Waals surface area contributed by atoms with Gasteiger partial charge in [-0.3, -0.25) is 19.1 Å². The van der Waals surface area contributed by atoms with Crippen molar-refractivity contribution in [2.45, 2.75) is 57.1 Å². The van der Waals surface area contributed by atoms with Gasteiger partial charge in [0.1, 0.15) is 0 Å². The van der Waals surface area contributed by atoms with Crippen molar-refractivity contribution in [1.29, 1.82) is 0 Å². The minimum Gasteiger partial charge on any atom is -0.326 e. The van der Waals surface area contributed by atoms with Crippen molar-refractivity contribution in [2.24, 2.45) is 5.92 Å². The molecule has 1 aliphatic rings. The molecule has 1 aromatic carbocycles. The molecular formula is C25H29N5O2S. The number of nitrogens with zero attached hydrogens (tertiary/aromatic N) is 4. The maximum atomic E-state index is 12.9. The van der Waals surface area contributed by atoms with E-state index in [0.717, 1.165) is 23.0 Å². The SMILES string of the molecule is CCC(=O)Nc1ccc(C(=O)CSc2nnc(-c3cccnc3)n2[C@H]2CCCC[C@H]2C)cc1. The molecule has 1 amide bonds. The summed E-state index contributed by atoms with van der Waals surface area (Å²) < 4.78 is 2.22. The highest BCUT2D eigenvalue weighted by Crippen LogP contribution is 2.39. The van der Waals surface area contributed by atoms with Crippen molar-refractivity contribution in [3.63, 3.8) is 0 Å². The minimum atomic E-state index is -0.0506. The Hall–Kier alpha value is -3.00. The van der Waals surface area contributed by atoms with Gasteiger partial charge in [0.2, 0.25) is 5.91 Å². The van der Waals surface area contributed by atoms with Crippen LogP contribution in [0.25, 0.3) is 11.4 Å². The Morgan fingerprint density at radius 2 is 1.91 bits per heavy atom. The number of hydrogen-bond acceptors (Lipinski definition) is 6. The van der Waals surface area contributed by atoms with Gasteiger partial charge in [0.25, 0.3) is 0 Å². The summed E-state index contributed by atoms with van der Waals surface area (Å²) in [6, 6.07) is 11.2. The van der Waals surface area contributed by atoms with Crippen LogP contribution in [0.2, 0.25) is 0 Å². The van der Waals surface area contributed by atoms with Crippen molar-refractivity contribution < 1.29 is 9.59 Å². The molecule has 4 rings (SSSR count). The molecule has 2 atom stereocenters. The zero-order valence-electron chi connectivity index (χ0n) is 19.0. The summed E-state index contributed by atoms with van der Waals surface area (Å²) in [6.07, 6.45) is 8.67. The summed E-state index contributed by atoms with van der Waals surface area (Å²) in [6.45, 7) is 4.09. The highest BCUT2D eigenvalue weighted by atomic mass is 32.2. The van der Waals surface area contributed by atoms with Crippen molar-refractivity contribution in [2.75, 3.05) is 11.1 Å². The number of thioether (sulfide) groups is 1. The molecule has 3 aromatic rings. The Morgan fingerprint density at radius 3 is 2.61 bits per heavy atom. The average molecular weight is 464 g/mol. The predicted octanol–water partition coefficient (Wildman–Crippen LogP) is 5.41. The molecule has 0 saturated heterocycles. The fourth-order valence-electron chi connectivity index (χ4n) is 4.25. The molecule has 1 saturated carbocycles. The van der Waals surface area contributed by atoms with Crippen LogP contribution in [0, 0.1) is 5.92 Å². The normalized spacial score (nSPS) is 18.1. The van der Waals surface area contributed by atoms with Gasteiger partial charge < -0.3 is 5.32 Å². The Labute approximate surface area is 198 Å². The summed E-state index contributed by atoms with van der Waals surface area (Å²) in [5, 5.41) is 12.5. The molecule has 33 heavy (non-hydrogen) atoms. The van der Waals surface area contributed by atoms with Crippen LogP contribution in [0.5, 0.6) is 0 Å². The van der Waals surface area contributed by atoms with Crippen molar-refractivity contribution >= 4 is 29.1 Å². The highest BCUT2D eigenvalue weighted by molar-refractivity contribution is 7.99. The number of pyridine rings is 1. The molecule has 1 aliphatic carbocycles. The second-order valence-corrected chi connectivity index (χ2v) is 9.38. The minimum absolute atomic E-state index is 0.0162. The number of anilines is 1. The maximum Gasteiger partial charge on any atom is 0.224 e. The first-order chi connectivity index (χ1) is 16.1. The molecule has 0 aliphatic heterocycles. The number of aromatic nitrogens is 4. The molecule has 2 aromatic heterocycles. The van der Waals surface area contributed by atoms with E-state index in [1.165, 1.54) is 31.0 Å². The van der Waals surface area contributed by atoms with Crippen molar-refractivity contribution in [3.8, 4) is 11.4 Å². The Kier molecular flexibility index (Phi) is 7.54. The fraction of sp³-hybridized carbons (Fsp3) is 0.400. The maximum absolute atomic E-state index is 12.9. The number of carbonyl (C=O) groups is 2. The predicted molar refractivity (Wildman–Crippen MR) is 130 cm³/mol. The smallest absolute Gasteiger partial charge is 0.224 e. The van der Waals surface area contributed by atoms with Crippen LogP contribution in [-0.2, 0) is 4.79 Å². The first kappa shape index (κ1) is 23.2. The first-order valence-electron chi connectivity index (χ1n) is 11.5. The van der Waals surface area contributed by atoms with E-state index in [9.17, 15) is 9.59 Å². The lowest BCUT2D eigenvalue weighted by atomic mass is 9.85. The highest BCUT2D eigenvalue weighted by Gasteiger charge is 2.29. The zero-order chi connectivity index (χ0) is 23.2. The van der Waals surface area contributed by atoms with Gasteiger partial charge in [0.05, 0.1) is 5.75 Å². The quantitative estimate of drug-likeness (QED) is 0.355. The third-order valence-corrected chi connectivity index (χ3v) is 7.07. The number of nitrogens with one attached hydrogen (secondary N) is 1. The molecule has 0 bridgehead atoms. The lowest BCUT2D eigenvalue weighted by Gasteiger charge is -2.31. The summed E-state index contributed by atoms with van der Waals surface area (Å²) >= 11 is 1.43. The van der Waals surface area contributed by atoms with Crippen LogP contribution >= 0.6 is 11.8 Å². The fourth-order valence-corrected chi connectivity index (χ4v) is 5.14. The van der Waals surface area contributed by atoms with Gasteiger partial charge in [0, 0.05) is 41.7 Å². The van der Waals surface area contributed by atoms with E-state index in [2.05, 4.69) is 32.0 Å². The molecule has 0 radical (unpaired) electrons. The number of carbonyl (C=O) groups excluding carboxylic acids is 2. The summed E-state index contributed by atoms with van der Waals surface area (Å²) in [5.41, 5.74) is 2.24. The third kappa shape index (κ3) is 5.50. The largest absolute Gasteiger partial charge is 0.326 e. The summed E-state index contributed by atoms with van der Waals surface area (Å²) in [7, 11) is 0. The number of Topliss-reactive ketones (excluding diaryl/α,β-unsaturated/α-hetero) is 1. The number of rotatable bonds is 8. The molecule has 0 spiro atoms. The van der Waals surface area contributed by atoms with Crippen LogP contribution in [-0.4, -0.2) is 37.2 Å². The van der Waals surface area contributed by atoms with E-state index in [0.29, 0.717) is 29.6 Å². The van der Waals surface area contributed by atoms with Crippen molar-refractivity contribution in [1.82, 2.24) is 19.7 Å². The van der Waals surface area contributed by atoms with Gasteiger partial charge in [-0.2, -0.15) is 0 Å². The van der Waals surface area contributed by atoms with Crippen LogP contribution < -0.4 is 5.32 Å². The van der Waals surface area contributed by atoms with Gasteiger partial charge in [-0.25, -0.2) is 0 Å². The Balaban J connectivity index is 1.52. The molecule has 8 heteroatoms. The molecule has 7 nitrogen and oxygen atoms in total. The van der Waals surface area contributed by atoms with Gasteiger partial charge in [-0.05, 0) is 55.2 Å². The lowest BCUT2D eigenvalue weighted by Crippen LogP contribution is -2.22. The Bertz CT molecular complexity index is 1100. The second kappa shape index (κ2) is 10.7. The van der Waals surface area contributed by atoms with Gasteiger partial charge >= 0.3 is 0 Å². The van der Waals surface area contributed by atoms with E-state index in [4.69, 9.17) is 0 Å². The number of amides is 1. The molecule has 2 heterocycles. The second-order valence-electron chi connectivity index (χ2n) is 8.44. The molecule has 0 unspecified atom stereocenters. The van der Waals surface area contributed by atoms with Crippen LogP contribution in [0.4, 0.5) is 5.69 Å². The first-order valence-corrected chi connectivity index (χ1v) is 12.5. The van der Waals surface area contributed by atoms with Crippen LogP contribution in [0.15, 0.2) is 53.9 Å². The number of benzene rings is 1. The number of hydrogen-bond donors (Lipinski definition) is 1. The third-order valence-electron chi connectivity index (χ3n) is 6.13. The molecule has 172 valence electrons.